The SMILES string of the molecule is CCN(CC)S(=O)(=O)c1cc(C(=O)OCc2nnnn2-c2ccccc2)ccc1OC. The lowest BCUT2D eigenvalue weighted by atomic mass is 10.2. The van der Waals surface area contributed by atoms with Crippen LogP contribution in [0.2, 0.25) is 0 Å². The van der Waals surface area contributed by atoms with E-state index in [1.54, 1.807) is 13.8 Å². The fraction of sp³-hybridized carbons (Fsp3) is 0.300. The molecule has 0 fully saturated rings. The molecule has 3 rings (SSSR count). The van der Waals surface area contributed by atoms with Gasteiger partial charge in [-0.05, 0) is 40.8 Å². The van der Waals surface area contributed by atoms with Crippen molar-refractivity contribution in [3.63, 3.8) is 0 Å². The van der Waals surface area contributed by atoms with Gasteiger partial charge in [0.1, 0.15) is 10.6 Å². The first-order chi connectivity index (χ1) is 14.9. The quantitative estimate of drug-likeness (QED) is 0.460. The van der Waals surface area contributed by atoms with Crippen LogP contribution in [0.25, 0.3) is 5.69 Å². The highest BCUT2D eigenvalue weighted by Crippen LogP contribution is 2.28. The number of nitrogens with zero attached hydrogens (tertiary/aromatic N) is 5. The first-order valence-electron chi connectivity index (χ1n) is 9.60. The Labute approximate surface area is 180 Å². The molecule has 0 saturated heterocycles. The normalized spacial score (nSPS) is 11.5. The van der Waals surface area contributed by atoms with Gasteiger partial charge < -0.3 is 9.47 Å². The molecule has 164 valence electrons. The maximum atomic E-state index is 13.0. The fourth-order valence-electron chi connectivity index (χ4n) is 2.99. The van der Waals surface area contributed by atoms with Crippen molar-refractivity contribution in [1.29, 1.82) is 0 Å². The minimum Gasteiger partial charge on any atom is -0.495 e. The zero-order valence-electron chi connectivity index (χ0n) is 17.4. The zero-order valence-corrected chi connectivity index (χ0v) is 18.2. The summed E-state index contributed by atoms with van der Waals surface area (Å²) in [6, 6.07) is 13.3. The van der Waals surface area contributed by atoms with E-state index in [0.29, 0.717) is 18.9 Å². The number of carbonyl (C=O) groups excluding carboxylic acids is 1. The number of methoxy groups -OCH3 is 1. The molecule has 3 aromatic rings. The molecule has 31 heavy (non-hydrogen) atoms. The highest BCUT2D eigenvalue weighted by atomic mass is 32.2. The van der Waals surface area contributed by atoms with Crippen LogP contribution in [-0.2, 0) is 21.4 Å². The molecule has 0 bridgehead atoms. The van der Waals surface area contributed by atoms with E-state index in [0.717, 1.165) is 5.69 Å². The van der Waals surface area contributed by atoms with Crippen molar-refractivity contribution in [3.8, 4) is 11.4 Å². The summed E-state index contributed by atoms with van der Waals surface area (Å²) in [5.74, 6) is -0.234. The molecule has 1 aromatic heterocycles. The van der Waals surface area contributed by atoms with Gasteiger partial charge >= 0.3 is 5.97 Å². The third-order valence-electron chi connectivity index (χ3n) is 4.59. The van der Waals surface area contributed by atoms with Gasteiger partial charge in [0.25, 0.3) is 0 Å². The smallest absolute Gasteiger partial charge is 0.338 e. The average molecular weight is 446 g/mol. The van der Waals surface area contributed by atoms with E-state index in [4.69, 9.17) is 9.47 Å². The molecular weight excluding hydrogens is 422 g/mol. The Morgan fingerprint density at radius 3 is 2.45 bits per heavy atom. The van der Waals surface area contributed by atoms with Gasteiger partial charge in [0.15, 0.2) is 12.4 Å². The number of benzene rings is 2. The van der Waals surface area contributed by atoms with Gasteiger partial charge in [-0.25, -0.2) is 13.2 Å². The summed E-state index contributed by atoms with van der Waals surface area (Å²) < 4.78 is 39.2. The molecule has 1 heterocycles. The van der Waals surface area contributed by atoms with Crippen LogP contribution < -0.4 is 4.74 Å². The van der Waals surface area contributed by atoms with Gasteiger partial charge in [-0.15, -0.1) is 5.10 Å². The monoisotopic (exact) mass is 445 g/mol. The second-order valence-electron chi connectivity index (χ2n) is 6.37. The molecule has 0 atom stereocenters. The van der Waals surface area contributed by atoms with E-state index < -0.39 is 16.0 Å². The van der Waals surface area contributed by atoms with E-state index in [2.05, 4.69) is 15.5 Å². The maximum absolute atomic E-state index is 13.0. The van der Waals surface area contributed by atoms with E-state index in [1.165, 1.54) is 34.3 Å². The standard InChI is InChI=1S/C20H23N5O5S/c1-4-24(5-2)31(27,28)18-13-15(11-12-17(18)29-3)20(26)30-14-19-21-22-23-25(19)16-9-7-6-8-10-16/h6-13H,4-5,14H2,1-3H3. The summed E-state index contributed by atoms with van der Waals surface area (Å²) in [5, 5.41) is 11.4. The molecule has 0 aliphatic heterocycles. The van der Waals surface area contributed by atoms with Crippen LogP contribution >= 0.6 is 0 Å². The Hall–Kier alpha value is -3.31. The van der Waals surface area contributed by atoms with Crippen LogP contribution in [0.5, 0.6) is 5.75 Å². The van der Waals surface area contributed by atoms with Crippen LogP contribution in [0.1, 0.15) is 30.0 Å². The van der Waals surface area contributed by atoms with Crippen molar-refractivity contribution in [2.45, 2.75) is 25.3 Å². The molecule has 0 saturated carbocycles. The predicted octanol–water partition coefficient (Wildman–Crippen LogP) is 2.06. The van der Waals surface area contributed by atoms with Crippen molar-refractivity contribution in [3.05, 3.63) is 59.9 Å². The van der Waals surface area contributed by atoms with Crippen LogP contribution in [-0.4, -0.2) is 59.1 Å². The first-order valence-corrected chi connectivity index (χ1v) is 11.0. The van der Waals surface area contributed by atoms with E-state index in [1.807, 2.05) is 30.3 Å². The highest BCUT2D eigenvalue weighted by Gasteiger charge is 2.27. The molecule has 0 aliphatic rings. The topological polar surface area (TPSA) is 117 Å². The summed E-state index contributed by atoms with van der Waals surface area (Å²) in [5.41, 5.74) is 0.792. The third kappa shape index (κ3) is 4.72. The largest absolute Gasteiger partial charge is 0.495 e. The molecule has 0 aliphatic carbocycles. The van der Waals surface area contributed by atoms with Gasteiger partial charge in [-0.3, -0.25) is 0 Å². The number of carbonyl (C=O) groups is 1. The van der Waals surface area contributed by atoms with E-state index in [-0.39, 0.29) is 22.8 Å². The number of hydrogen-bond acceptors (Lipinski definition) is 8. The number of para-hydroxylation sites is 1. The molecule has 0 spiro atoms. The van der Waals surface area contributed by atoms with Gasteiger partial charge in [0.05, 0.1) is 18.4 Å². The zero-order chi connectivity index (χ0) is 22.4. The van der Waals surface area contributed by atoms with Crippen molar-refractivity contribution in [1.82, 2.24) is 24.5 Å². The van der Waals surface area contributed by atoms with Gasteiger partial charge in [0.2, 0.25) is 10.0 Å². The highest BCUT2D eigenvalue weighted by molar-refractivity contribution is 7.89. The summed E-state index contributed by atoms with van der Waals surface area (Å²) in [6.07, 6.45) is 0. The number of tetrazole rings is 1. The summed E-state index contributed by atoms with van der Waals surface area (Å²) in [4.78, 5) is 12.5. The van der Waals surface area contributed by atoms with Crippen molar-refractivity contribution in [2.24, 2.45) is 0 Å². The first kappa shape index (κ1) is 22.4. The summed E-state index contributed by atoms with van der Waals surface area (Å²) >= 11 is 0. The Kier molecular flexibility index (Phi) is 6.98. The molecule has 2 aromatic carbocycles. The molecule has 0 radical (unpaired) electrons. The fourth-order valence-corrected chi connectivity index (χ4v) is 4.63. The lowest BCUT2D eigenvalue weighted by Gasteiger charge is -2.20. The molecular formula is C20H23N5O5S. The minimum absolute atomic E-state index is 0.0743. The Bertz CT molecular complexity index is 1140. The summed E-state index contributed by atoms with van der Waals surface area (Å²) in [6.45, 7) is 3.87. The number of esters is 1. The third-order valence-corrected chi connectivity index (χ3v) is 6.66. The maximum Gasteiger partial charge on any atom is 0.338 e. The van der Waals surface area contributed by atoms with Crippen molar-refractivity contribution in [2.75, 3.05) is 20.2 Å². The molecule has 0 N–H and O–H groups in total. The van der Waals surface area contributed by atoms with Crippen LogP contribution in [0.4, 0.5) is 0 Å². The lowest BCUT2D eigenvalue weighted by molar-refractivity contribution is 0.0459. The second-order valence-corrected chi connectivity index (χ2v) is 8.28. The number of hydrogen-bond donors (Lipinski definition) is 0. The predicted molar refractivity (Wildman–Crippen MR) is 111 cm³/mol. The van der Waals surface area contributed by atoms with Crippen molar-refractivity contribution < 1.29 is 22.7 Å². The Balaban J connectivity index is 1.83. The minimum atomic E-state index is -3.84. The van der Waals surface area contributed by atoms with Gasteiger partial charge in [-0.2, -0.15) is 8.99 Å². The number of rotatable bonds is 9. The summed E-state index contributed by atoms with van der Waals surface area (Å²) in [7, 11) is -2.46. The van der Waals surface area contributed by atoms with Crippen molar-refractivity contribution >= 4 is 16.0 Å². The second kappa shape index (κ2) is 9.67. The average Bonchev–Trinajstić information content (AvgIpc) is 3.27. The number of sulfonamides is 1. The Morgan fingerprint density at radius 2 is 1.81 bits per heavy atom. The lowest BCUT2D eigenvalue weighted by Crippen LogP contribution is -2.31. The van der Waals surface area contributed by atoms with E-state index in [9.17, 15) is 13.2 Å². The van der Waals surface area contributed by atoms with Crippen LogP contribution in [0.15, 0.2) is 53.4 Å². The molecule has 11 heteroatoms. The van der Waals surface area contributed by atoms with E-state index >= 15 is 0 Å². The van der Waals surface area contributed by atoms with Crippen LogP contribution in [0.3, 0.4) is 0 Å². The van der Waals surface area contributed by atoms with Crippen LogP contribution in [0, 0.1) is 0 Å². The Morgan fingerprint density at radius 1 is 1.10 bits per heavy atom. The van der Waals surface area contributed by atoms with Gasteiger partial charge in [0, 0.05) is 13.1 Å². The molecule has 0 amide bonds. The molecule has 10 nitrogen and oxygen atoms in total. The number of ether oxygens (including phenoxy) is 2. The van der Waals surface area contributed by atoms with Gasteiger partial charge in [-0.1, -0.05) is 32.0 Å². The molecule has 0 unspecified atom stereocenters. The number of aromatic nitrogens is 4.